The summed E-state index contributed by atoms with van der Waals surface area (Å²) in [4.78, 5) is 11.9. The molecule has 1 fully saturated rings. The second-order valence-corrected chi connectivity index (χ2v) is 5.12. The van der Waals surface area contributed by atoms with Crippen molar-refractivity contribution in [3.8, 4) is 0 Å². The molecule has 0 spiro atoms. The Morgan fingerprint density at radius 3 is 2.50 bits per heavy atom. The highest BCUT2D eigenvalue weighted by molar-refractivity contribution is 5.95. The number of hydrogen-bond acceptors (Lipinski definition) is 3. The van der Waals surface area contributed by atoms with Crippen molar-refractivity contribution >= 4 is 11.6 Å². The molecule has 1 aromatic carbocycles. The monoisotopic (exact) mass is 277 g/mol. The molecule has 0 saturated carbocycles. The van der Waals surface area contributed by atoms with E-state index in [1.807, 2.05) is 0 Å². The van der Waals surface area contributed by atoms with Gasteiger partial charge in [0.15, 0.2) is 0 Å². The zero-order valence-electron chi connectivity index (χ0n) is 12.6. The van der Waals surface area contributed by atoms with Gasteiger partial charge in [-0.3, -0.25) is 4.79 Å². The van der Waals surface area contributed by atoms with E-state index in [1.165, 1.54) is 12.8 Å². The molecule has 1 heterocycles. The number of benzene rings is 1. The van der Waals surface area contributed by atoms with E-state index in [9.17, 15) is 4.79 Å². The number of piperidine rings is 1. The van der Waals surface area contributed by atoms with Gasteiger partial charge in [-0.1, -0.05) is 32.8 Å². The maximum atomic E-state index is 11.9. The molecular formula is C16H27N3O. The van der Waals surface area contributed by atoms with Gasteiger partial charge in [0.05, 0.1) is 0 Å². The van der Waals surface area contributed by atoms with Gasteiger partial charge in [0.1, 0.15) is 0 Å². The van der Waals surface area contributed by atoms with Gasteiger partial charge in [-0.15, -0.1) is 0 Å². The molecule has 20 heavy (non-hydrogen) atoms. The SMILES string of the molecule is CCCC.Nc1cccc(C(=O)NC2CCNCC2)c1. The molecule has 1 saturated heterocycles. The minimum atomic E-state index is -0.0285. The molecule has 0 atom stereocenters. The highest BCUT2D eigenvalue weighted by Gasteiger charge is 2.16. The van der Waals surface area contributed by atoms with Crippen LogP contribution in [0.4, 0.5) is 5.69 Å². The Bertz CT molecular complexity index is 398. The van der Waals surface area contributed by atoms with E-state index in [0.717, 1.165) is 25.9 Å². The first kappa shape index (κ1) is 16.5. The lowest BCUT2D eigenvalue weighted by atomic mass is 10.1. The lowest BCUT2D eigenvalue weighted by Gasteiger charge is -2.23. The summed E-state index contributed by atoms with van der Waals surface area (Å²) >= 11 is 0. The third kappa shape index (κ3) is 6.06. The second kappa shape index (κ2) is 9.37. The Labute approximate surface area is 122 Å². The highest BCUT2D eigenvalue weighted by atomic mass is 16.1. The third-order valence-corrected chi connectivity index (χ3v) is 3.32. The van der Waals surface area contributed by atoms with Crippen LogP contribution in [0, 0.1) is 0 Å². The number of unbranched alkanes of at least 4 members (excludes halogenated alkanes) is 1. The first-order chi connectivity index (χ1) is 9.67. The number of nitrogens with two attached hydrogens (primary N) is 1. The lowest BCUT2D eigenvalue weighted by Crippen LogP contribution is -2.42. The molecule has 4 nitrogen and oxygen atoms in total. The molecule has 112 valence electrons. The van der Waals surface area contributed by atoms with Crippen LogP contribution < -0.4 is 16.4 Å². The molecule has 1 aliphatic heterocycles. The Balaban J connectivity index is 0.000000444. The number of rotatable bonds is 3. The van der Waals surface area contributed by atoms with Crippen molar-refractivity contribution in [1.29, 1.82) is 0 Å². The number of nitrogens with one attached hydrogen (secondary N) is 2. The summed E-state index contributed by atoms with van der Waals surface area (Å²) in [6, 6.07) is 7.35. The van der Waals surface area contributed by atoms with Crippen molar-refractivity contribution in [2.24, 2.45) is 0 Å². The summed E-state index contributed by atoms with van der Waals surface area (Å²) in [5.74, 6) is -0.0285. The standard InChI is InChI=1S/C12H17N3O.C4H10/c13-10-3-1-2-9(8-10)12(16)15-11-4-6-14-7-5-11;1-3-4-2/h1-3,8,11,14H,4-7,13H2,(H,15,16);3-4H2,1-2H3. The first-order valence-corrected chi connectivity index (χ1v) is 7.54. The van der Waals surface area contributed by atoms with Gasteiger partial charge < -0.3 is 16.4 Å². The van der Waals surface area contributed by atoms with Crippen LogP contribution in [0.5, 0.6) is 0 Å². The van der Waals surface area contributed by atoms with Gasteiger partial charge in [0.25, 0.3) is 5.91 Å². The fourth-order valence-corrected chi connectivity index (χ4v) is 1.91. The van der Waals surface area contributed by atoms with Gasteiger partial charge in [0.2, 0.25) is 0 Å². The summed E-state index contributed by atoms with van der Waals surface area (Å²) in [6.45, 7) is 6.31. The number of carbonyl (C=O) groups is 1. The maximum Gasteiger partial charge on any atom is 0.251 e. The number of nitrogen functional groups attached to an aromatic ring is 1. The molecule has 0 aromatic heterocycles. The molecular weight excluding hydrogens is 250 g/mol. The Morgan fingerprint density at radius 1 is 1.30 bits per heavy atom. The van der Waals surface area contributed by atoms with Crippen molar-refractivity contribution in [3.63, 3.8) is 0 Å². The normalized spacial score (nSPS) is 15.1. The van der Waals surface area contributed by atoms with Crippen LogP contribution >= 0.6 is 0 Å². The van der Waals surface area contributed by atoms with Gasteiger partial charge in [-0.05, 0) is 44.1 Å². The number of amides is 1. The highest BCUT2D eigenvalue weighted by Crippen LogP contribution is 2.08. The molecule has 0 radical (unpaired) electrons. The summed E-state index contributed by atoms with van der Waals surface area (Å²) in [5, 5.41) is 6.29. The van der Waals surface area contributed by atoms with Crippen LogP contribution in [-0.2, 0) is 0 Å². The summed E-state index contributed by atoms with van der Waals surface area (Å²) in [5.41, 5.74) is 6.90. The van der Waals surface area contributed by atoms with E-state index in [-0.39, 0.29) is 11.9 Å². The number of hydrogen-bond donors (Lipinski definition) is 3. The fourth-order valence-electron chi connectivity index (χ4n) is 1.91. The zero-order valence-corrected chi connectivity index (χ0v) is 12.6. The largest absolute Gasteiger partial charge is 0.399 e. The van der Waals surface area contributed by atoms with Crippen LogP contribution in [0.2, 0.25) is 0 Å². The first-order valence-electron chi connectivity index (χ1n) is 7.54. The average molecular weight is 277 g/mol. The van der Waals surface area contributed by atoms with Crippen LogP contribution in [0.25, 0.3) is 0 Å². The smallest absolute Gasteiger partial charge is 0.251 e. The Hall–Kier alpha value is -1.55. The predicted molar refractivity (Wildman–Crippen MR) is 84.8 cm³/mol. The summed E-state index contributed by atoms with van der Waals surface area (Å²) in [6.07, 6.45) is 4.63. The van der Waals surface area contributed by atoms with Crippen molar-refractivity contribution in [3.05, 3.63) is 29.8 Å². The minimum Gasteiger partial charge on any atom is -0.399 e. The fraction of sp³-hybridized carbons (Fsp3) is 0.562. The predicted octanol–water partition coefficient (Wildman–Crippen LogP) is 2.56. The van der Waals surface area contributed by atoms with Gasteiger partial charge >= 0.3 is 0 Å². The van der Waals surface area contributed by atoms with Gasteiger partial charge in [0, 0.05) is 17.3 Å². The van der Waals surface area contributed by atoms with E-state index >= 15 is 0 Å². The minimum absolute atomic E-state index is 0.0285. The zero-order chi connectivity index (χ0) is 14.8. The van der Waals surface area contributed by atoms with Gasteiger partial charge in [-0.2, -0.15) is 0 Å². The van der Waals surface area contributed by atoms with Crippen molar-refractivity contribution in [2.45, 2.75) is 45.6 Å². The number of anilines is 1. The van der Waals surface area contributed by atoms with Crippen LogP contribution in [-0.4, -0.2) is 25.0 Å². The van der Waals surface area contributed by atoms with E-state index in [0.29, 0.717) is 11.3 Å². The van der Waals surface area contributed by atoms with Crippen LogP contribution in [0.3, 0.4) is 0 Å². The van der Waals surface area contributed by atoms with Crippen molar-refractivity contribution in [1.82, 2.24) is 10.6 Å². The van der Waals surface area contributed by atoms with E-state index in [2.05, 4.69) is 24.5 Å². The van der Waals surface area contributed by atoms with E-state index < -0.39 is 0 Å². The quantitative estimate of drug-likeness (QED) is 0.744. The molecule has 4 heteroatoms. The lowest BCUT2D eigenvalue weighted by molar-refractivity contribution is 0.0929. The van der Waals surface area contributed by atoms with E-state index in [4.69, 9.17) is 5.73 Å². The molecule has 2 rings (SSSR count). The second-order valence-electron chi connectivity index (χ2n) is 5.12. The Morgan fingerprint density at radius 2 is 1.95 bits per heavy atom. The molecule has 4 N–H and O–H groups in total. The Kier molecular flexibility index (Phi) is 7.73. The molecule has 1 aliphatic rings. The molecule has 1 amide bonds. The van der Waals surface area contributed by atoms with Crippen molar-refractivity contribution < 1.29 is 4.79 Å². The topological polar surface area (TPSA) is 67.2 Å². The molecule has 1 aromatic rings. The number of carbonyl (C=O) groups excluding carboxylic acids is 1. The molecule has 0 aliphatic carbocycles. The summed E-state index contributed by atoms with van der Waals surface area (Å²) in [7, 11) is 0. The van der Waals surface area contributed by atoms with Crippen LogP contribution in [0.1, 0.15) is 49.9 Å². The van der Waals surface area contributed by atoms with Crippen molar-refractivity contribution in [2.75, 3.05) is 18.8 Å². The molecule has 0 bridgehead atoms. The van der Waals surface area contributed by atoms with Gasteiger partial charge in [-0.25, -0.2) is 0 Å². The van der Waals surface area contributed by atoms with E-state index in [1.54, 1.807) is 24.3 Å². The van der Waals surface area contributed by atoms with Crippen LogP contribution in [0.15, 0.2) is 24.3 Å². The third-order valence-electron chi connectivity index (χ3n) is 3.32. The average Bonchev–Trinajstić information content (AvgIpc) is 2.48. The molecule has 0 unspecified atom stereocenters. The maximum absolute atomic E-state index is 11.9. The summed E-state index contributed by atoms with van der Waals surface area (Å²) < 4.78 is 0.